The maximum Gasteiger partial charge on any atom is 0.303 e. The van der Waals surface area contributed by atoms with Gasteiger partial charge in [0.2, 0.25) is 5.82 Å². The molecule has 4 heterocycles. The highest BCUT2D eigenvalue weighted by atomic mass is 35.5. The molecule has 1 N–H and O–H groups in total. The van der Waals surface area contributed by atoms with Gasteiger partial charge in [-0.25, -0.2) is 15.0 Å². The topological polar surface area (TPSA) is 71.8 Å². The van der Waals surface area contributed by atoms with Gasteiger partial charge in [-0.2, -0.15) is 13.9 Å². The zero-order valence-electron chi connectivity index (χ0n) is 15.3. The van der Waals surface area contributed by atoms with Crippen LogP contribution in [0.25, 0.3) is 11.3 Å². The Morgan fingerprint density at radius 3 is 2.82 bits per heavy atom. The molecule has 7 nitrogen and oxygen atoms in total. The fourth-order valence-electron chi connectivity index (χ4n) is 3.04. The Labute approximate surface area is 165 Å². The molecular weight excluding hydrogens is 388 g/mol. The molecule has 28 heavy (non-hydrogen) atoms. The second-order valence-corrected chi connectivity index (χ2v) is 7.20. The number of anilines is 2. The lowest BCUT2D eigenvalue weighted by Crippen LogP contribution is -2.30. The van der Waals surface area contributed by atoms with Crippen LogP contribution in [0.5, 0.6) is 0 Å². The van der Waals surface area contributed by atoms with E-state index < -0.39 is 11.7 Å². The average Bonchev–Trinajstić information content (AvgIpc) is 3.04. The summed E-state index contributed by atoms with van der Waals surface area (Å²) in [4.78, 5) is 13.9. The minimum absolute atomic E-state index is 0.235. The molecule has 0 fully saturated rings. The van der Waals surface area contributed by atoms with Crippen LogP contribution < -0.4 is 5.32 Å². The number of rotatable bonds is 4. The highest BCUT2D eigenvalue weighted by Crippen LogP contribution is 2.32. The smallest absolute Gasteiger partial charge is 0.303 e. The summed E-state index contributed by atoms with van der Waals surface area (Å²) < 4.78 is 29.1. The van der Waals surface area contributed by atoms with E-state index in [0.29, 0.717) is 11.3 Å². The van der Waals surface area contributed by atoms with Gasteiger partial charge in [-0.1, -0.05) is 11.6 Å². The lowest BCUT2D eigenvalue weighted by Gasteiger charge is -2.22. The maximum absolute atomic E-state index is 13.5. The lowest BCUT2D eigenvalue weighted by atomic mass is 10.1. The molecule has 10 heteroatoms. The molecule has 0 spiro atoms. The number of nitrogens with one attached hydrogen (secondary N) is 1. The molecule has 0 atom stereocenters. The van der Waals surface area contributed by atoms with Gasteiger partial charge >= 0.3 is 5.92 Å². The molecule has 4 rings (SSSR count). The normalized spacial score (nSPS) is 14.8. The summed E-state index contributed by atoms with van der Waals surface area (Å²) in [5, 5.41) is 7.97. The van der Waals surface area contributed by atoms with E-state index >= 15 is 0 Å². The summed E-state index contributed by atoms with van der Waals surface area (Å²) in [6.45, 7) is 3.29. The standard InChI is InChI=1S/C18H18ClF2N7/c1-18(20,21)17-22-4-3-16(25-17)24-13-8-15(19)23-9-12(13)14-7-11-10-27(2)5-6-28(11)26-14/h3-4,7-9H,5-6,10H2,1-2H3,(H,22,23,24,25). The summed E-state index contributed by atoms with van der Waals surface area (Å²) in [6.07, 6.45) is 2.90. The molecule has 0 saturated heterocycles. The molecule has 0 unspecified atom stereocenters. The summed E-state index contributed by atoms with van der Waals surface area (Å²) in [7, 11) is 2.06. The van der Waals surface area contributed by atoms with Crippen molar-refractivity contribution >= 4 is 23.1 Å². The lowest BCUT2D eigenvalue weighted by molar-refractivity contribution is 0.00783. The number of alkyl halides is 2. The molecule has 0 saturated carbocycles. The van der Waals surface area contributed by atoms with Crippen molar-refractivity contribution in [2.75, 3.05) is 18.9 Å². The van der Waals surface area contributed by atoms with Crippen LogP contribution in [0.3, 0.4) is 0 Å². The van der Waals surface area contributed by atoms with E-state index in [9.17, 15) is 8.78 Å². The van der Waals surface area contributed by atoms with E-state index in [1.165, 1.54) is 12.3 Å². The first-order valence-corrected chi connectivity index (χ1v) is 9.07. The zero-order valence-corrected chi connectivity index (χ0v) is 16.1. The van der Waals surface area contributed by atoms with E-state index in [4.69, 9.17) is 11.6 Å². The molecule has 0 bridgehead atoms. The third-order valence-corrected chi connectivity index (χ3v) is 4.65. The van der Waals surface area contributed by atoms with Crippen molar-refractivity contribution in [3.63, 3.8) is 0 Å². The first kappa shape index (κ1) is 18.7. The van der Waals surface area contributed by atoms with Crippen LogP contribution in [0.4, 0.5) is 20.3 Å². The van der Waals surface area contributed by atoms with Crippen molar-refractivity contribution < 1.29 is 8.78 Å². The fraction of sp³-hybridized carbons (Fsp3) is 0.333. The SMILES string of the molecule is CN1CCn2nc(-c3cnc(Cl)cc3Nc3ccnc(C(C)(F)F)n3)cc2C1. The van der Waals surface area contributed by atoms with Gasteiger partial charge in [-0.3, -0.25) is 9.58 Å². The van der Waals surface area contributed by atoms with Crippen molar-refractivity contribution in [3.8, 4) is 11.3 Å². The minimum atomic E-state index is -3.13. The van der Waals surface area contributed by atoms with E-state index in [1.807, 2.05) is 10.7 Å². The highest BCUT2D eigenvalue weighted by Gasteiger charge is 2.28. The Bertz CT molecular complexity index is 1020. The van der Waals surface area contributed by atoms with Crippen LogP contribution in [-0.2, 0) is 19.0 Å². The van der Waals surface area contributed by atoms with Gasteiger partial charge in [0, 0.05) is 38.0 Å². The zero-order chi connectivity index (χ0) is 19.9. The monoisotopic (exact) mass is 405 g/mol. The second-order valence-electron chi connectivity index (χ2n) is 6.81. The second kappa shape index (κ2) is 7.06. The van der Waals surface area contributed by atoms with E-state index in [0.717, 1.165) is 37.9 Å². The fourth-order valence-corrected chi connectivity index (χ4v) is 3.20. The summed E-state index contributed by atoms with van der Waals surface area (Å²) in [5.41, 5.74) is 3.11. The van der Waals surface area contributed by atoms with Crippen molar-refractivity contribution in [3.05, 3.63) is 47.3 Å². The van der Waals surface area contributed by atoms with E-state index in [-0.39, 0.29) is 11.0 Å². The first-order chi connectivity index (χ1) is 13.3. The van der Waals surface area contributed by atoms with Crippen molar-refractivity contribution in [1.82, 2.24) is 29.6 Å². The van der Waals surface area contributed by atoms with Gasteiger partial charge in [0.05, 0.1) is 23.6 Å². The predicted molar refractivity (Wildman–Crippen MR) is 102 cm³/mol. The number of likely N-dealkylation sites (N-methyl/N-ethyl adjacent to an activating group) is 1. The van der Waals surface area contributed by atoms with Gasteiger partial charge in [0.15, 0.2) is 0 Å². The largest absolute Gasteiger partial charge is 0.339 e. The van der Waals surface area contributed by atoms with Crippen LogP contribution in [0.15, 0.2) is 30.6 Å². The molecule has 0 aliphatic carbocycles. The van der Waals surface area contributed by atoms with Gasteiger partial charge in [-0.05, 0) is 25.2 Å². The average molecular weight is 406 g/mol. The number of hydrogen-bond donors (Lipinski definition) is 1. The van der Waals surface area contributed by atoms with Crippen LogP contribution >= 0.6 is 11.6 Å². The van der Waals surface area contributed by atoms with Crippen molar-refractivity contribution in [2.24, 2.45) is 0 Å². The van der Waals surface area contributed by atoms with Crippen molar-refractivity contribution in [1.29, 1.82) is 0 Å². The first-order valence-electron chi connectivity index (χ1n) is 8.69. The molecule has 1 aliphatic rings. The molecule has 0 radical (unpaired) electrons. The van der Waals surface area contributed by atoms with Crippen LogP contribution in [0, 0.1) is 0 Å². The number of pyridine rings is 1. The van der Waals surface area contributed by atoms with Gasteiger partial charge < -0.3 is 5.32 Å². The molecular formula is C18H18ClF2N7. The molecule has 3 aromatic heterocycles. The number of aromatic nitrogens is 5. The van der Waals surface area contributed by atoms with Crippen molar-refractivity contribution in [2.45, 2.75) is 25.9 Å². The number of nitrogens with zero attached hydrogens (tertiary/aromatic N) is 6. The summed E-state index contributed by atoms with van der Waals surface area (Å²) in [6, 6.07) is 5.13. The Hall–Kier alpha value is -2.65. The Morgan fingerprint density at radius 1 is 1.21 bits per heavy atom. The Kier molecular flexibility index (Phi) is 4.72. The minimum Gasteiger partial charge on any atom is -0.339 e. The Morgan fingerprint density at radius 2 is 2.04 bits per heavy atom. The third kappa shape index (κ3) is 3.81. The van der Waals surface area contributed by atoms with E-state index in [1.54, 1.807) is 12.3 Å². The molecule has 3 aromatic rings. The highest BCUT2D eigenvalue weighted by molar-refractivity contribution is 6.29. The van der Waals surface area contributed by atoms with Gasteiger partial charge in [-0.15, -0.1) is 0 Å². The van der Waals surface area contributed by atoms with Crippen LogP contribution in [0.1, 0.15) is 18.4 Å². The van der Waals surface area contributed by atoms with Gasteiger partial charge in [0.1, 0.15) is 11.0 Å². The van der Waals surface area contributed by atoms with Crippen LogP contribution in [0.2, 0.25) is 5.15 Å². The van der Waals surface area contributed by atoms with Gasteiger partial charge in [0.25, 0.3) is 0 Å². The Balaban J connectivity index is 1.70. The number of hydrogen-bond acceptors (Lipinski definition) is 6. The molecule has 1 aliphatic heterocycles. The molecule has 0 amide bonds. The molecule has 146 valence electrons. The summed E-state index contributed by atoms with van der Waals surface area (Å²) in [5.74, 6) is -3.45. The third-order valence-electron chi connectivity index (χ3n) is 4.45. The van der Waals surface area contributed by atoms with Crippen LogP contribution in [-0.4, -0.2) is 43.2 Å². The predicted octanol–water partition coefficient (Wildman–Crippen LogP) is 3.69. The number of halogens is 3. The summed E-state index contributed by atoms with van der Waals surface area (Å²) >= 11 is 6.06. The maximum atomic E-state index is 13.5. The number of fused-ring (bicyclic) bond motifs is 1. The quantitative estimate of drug-likeness (QED) is 0.667. The van der Waals surface area contributed by atoms with E-state index in [2.05, 4.69) is 37.3 Å². The molecule has 0 aromatic carbocycles.